The molecule has 0 radical (unpaired) electrons. The van der Waals surface area contributed by atoms with E-state index in [0.29, 0.717) is 6.04 Å². The Bertz CT molecular complexity index is 713. The summed E-state index contributed by atoms with van der Waals surface area (Å²) >= 11 is 0. The number of guanidine groups is 1. The minimum absolute atomic E-state index is 0. The van der Waals surface area contributed by atoms with E-state index < -0.39 is 0 Å². The molecule has 1 aliphatic heterocycles. The Morgan fingerprint density at radius 1 is 1.17 bits per heavy atom. The fourth-order valence-electron chi connectivity index (χ4n) is 3.68. The lowest BCUT2D eigenvalue weighted by Crippen LogP contribution is -2.37. The van der Waals surface area contributed by atoms with Crippen molar-refractivity contribution in [2.24, 2.45) is 4.99 Å². The highest BCUT2D eigenvalue weighted by Gasteiger charge is 2.17. The minimum atomic E-state index is 0. The second-order valence-corrected chi connectivity index (χ2v) is 7.61. The Hall–Kier alpha value is -1.61. The van der Waals surface area contributed by atoms with Gasteiger partial charge in [-0.1, -0.05) is 30.7 Å². The summed E-state index contributed by atoms with van der Waals surface area (Å²) in [5.41, 5.74) is 2.67. The first-order chi connectivity index (χ1) is 13.7. The van der Waals surface area contributed by atoms with Gasteiger partial charge in [0.1, 0.15) is 0 Å². The standard InChI is InChI=1S/C22H34N6.HI/c1-19-7-3-4-14-27(19)18-21-10-8-20(9-11-21)17-25-22(23-2)24-12-5-15-28-16-6-13-26-28;/h6,8-11,13,16,19H,3-5,7,12,14-15,17-18H2,1-2H3,(H2,23,24,25);1H. The molecule has 1 atom stereocenters. The van der Waals surface area contributed by atoms with Crippen molar-refractivity contribution in [1.29, 1.82) is 0 Å². The van der Waals surface area contributed by atoms with Gasteiger partial charge in [-0.2, -0.15) is 5.10 Å². The van der Waals surface area contributed by atoms with Crippen LogP contribution in [0.2, 0.25) is 0 Å². The molecule has 0 amide bonds. The van der Waals surface area contributed by atoms with Crippen LogP contribution in [0, 0.1) is 0 Å². The maximum atomic E-state index is 4.31. The lowest BCUT2D eigenvalue weighted by atomic mass is 10.0. The zero-order valence-corrected chi connectivity index (χ0v) is 20.0. The molecular weight excluding hydrogens is 475 g/mol. The molecule has 29 heavy (non-hydrogen) atoms. The quantitative estimate of drug-likeness (QED) is 0.247. The summed E-state index contributed by atoms with van der Waals surface area (Å²) in [5, 5.41) is 11.0. The molecule has 1 saturated heterocycles. The van der Waals surface area contributed by atoms with Crippen LogP contribution in [0.25, 0.3) is 0 Å². The van der Waals surface area contributed by atoms with Crippen molar-refractivity contribution >= 4 is 29.9 Å². The van der Waals surface area contributed by atoms with E-state index in [9.17, 15) is 0 Å². The second-order valence-electron chi connectivity index (χ2n) is 7.61. The van der Waals surface area contributed by atoms with Gasteiger partial charge >= 0.3 is 0 Å². The third-order valence-electron chi connectivity index (χ3n) is 5.45. The molecule has 6 nitrogen and oxygen atoms in total. The number of benzene rings is 1. The van der Waals surface area contributed by atoms with Crippen LogP contribution in [0.3, 0.4) is 0 Å². The van der Waals surface area contributed by atoms with Gasteiger partial charge in [-0.05, 0) is 49.9 Å². The number of likely N-dealkylation sites (tertiary alicyclic amines) is 1. The molecule has 1 aromatic carbocycles. The van der Waals surface area contributed by atoms with Crippen LogP contribution in [0.1, 0.15) is 43.7 Å². The number of nitrogens with one attached hydrogen (secondary N) is 2. The number of hydrogen-bond acceptors (Lipinski definition) is 3. The Morgan fingerprint density at radius 3 is 2.66 bits per heavy atom. The van der Waals surface area contributed by atoms with E-state index >= 15 is 0 Å². The van der Waals surface area contributed by atoms with Gasteiger partial charge in [0.2, 0.25) is 0 Å². The van der Waals surface area contributed by atoms with Crippen LogP contribution in [-0.4, -0.2) is 46.8 Å². The lowest BCUT2D eigenvalue weighted by molar-refractivity contribution is 0.152. The fourth-order valence-corrected chi connectivity index (χ4v) is 3.68. The van der Waals surface area contributed by atoms with Crippen molar-refractivity contribution in [2.75, 3.05) is 20.1 Å². The Morgan fingerprint density at radius 2 is 1.97 bits per heavy atom. The zero-order chi connectivity index (χ0) is 19.6. The van der Waals surface area contributed by atoms with Crippen LogP contribution < -0.4 is 10.6 Å². The summed E-state index contributed by atoms with van der Waals surface area (Å²) in [6, 6.07) is 11.6. The van der Waals surface area contributed by atoms with Crippen LogP contribution in [0.4, 0.5) is 0 Å². The van der Waals surface area contributed by atoms with Gasteiger partial charge in [-0.3, -0.25) is 14.6 Å². The number of rotatable bonds is 8. The normalized spacial score (nSPS) is 17.6. The summed E-state index contributed by atoms with van der Waals surface area (Å²) in [4.78, 5) is 6.91. The van der Waals surface area contributed by atoms with Gasteiger partial charge in [0.05, 0.1) is 0 Å². The molecule has 160 valence electrons. The smallest absolute Gasteiger partial charge is 0.191 e. The third-order valence-corrected chi connectivity index (χ3v) is 5.45. The first kappa shape index (κ1) is 23.7. The third kappa shape index (κ3) is 7.97. The second kappa shape index (κ2) is 12.8. The van der Waals surface area contributed by atoms with Crippen LogP contribution >= 0.6 is 24.0 Å². The predicted molar refractivity (Wildman–Crippen MR) is 131 cm³/mol. The molecular formula is C22H35IN6. The Balaban J connectivity index is 0.00000300. The molecule has 1 aliphatic rings. The van der Waals surface area contributed by atoms with E-state index in [4.69, 9.17) is 0 Å². The fraction of sp³-hybridized carbons (Fsp3) is 0.545. The van der Waals surface area contributed by atoms with Gasteiger partial charge in [0.15, 0.2) is 5.96 Å². The molecule has 2 heterocycles. The molecule has 1 aromatic heterocycles. The monoisotopic (exact) mass is 510 g/mol. The van der Waals surface area contributed by atoms with Crippen LogP contribution in [0.15, 0.2) is 47.7 Å². The van der Waals surface area contributed by atoms with Gasteiger partial charge in [-0.15, -0.1) is 24.0 Å². The lowest BCUT2D eigenvalue weighted by Gasteiger charge is -2.33. The molecule has 1 unspecified atom stereocenters. The molecule has 1 fully saturated rings. The highest BCUT2D eigenvalue weighted by molar-refractivity contribution is 14.0. The van der Waals surface area contributed by atoms with Crippen LogP contribution in [-0.2, 0) is 19.6 Å². The molecule has 0 aliphatic carbocycles. The zero-order valence-electron chi connectivity index (χ0n) is 17.7. The first-order valence-corrected chi connectivity index (χ1v) is 10.5. The number of nitrogens with zero attached hydrogens (tertiary/aromatic N) is 4. The molecule has 2 aromatic rings. The van der Waals surface area contributed by atoms with Crippen molar-refractivity contribution in [2.45, 2.75) is 58.3 Å². The maximum Gasteiger partial charge on any atom is 0.191 e. The average Bonchev–Trinajstić information content (AvgIpc) is 3.24. The summed E-state index contributed by atoms with van der Waals surface area (Å²) in [7, 11) is 1.81. The first-order valence-electron chi connectivity index (χ1n) is 10.5. The van der Waals surface area contributed by atoms with E-state index in [-0.39, 0.29) is 24.0 Å². The number of halogens is 1. The van der Waals surface area contributed by atoms with Crippen molar-refractivity contribution in [3.05, 3.63) is 53.9 Å². The van der Waals surface area contributed by atoms with E-state index in [0.717, 1.165) is 38.6 Å². The minimum Gasteiger partial charge on any atom is -0.356 e. The molecule has 2 N–H and O–H groups in total. The van der Waals surface area contributed by atoms with Gasteiger partial charge in [0, 0.05) is 51.7 Å². The maximum absolute atomic E-state index is 4.31. The summed E-state index contributed by atoms with van der Waals surface area (Å²) in [5.74, 6) is 0.840. The van der Waals surface area contributed by atoms with Crippen molar-refractivity contribution < 1.29 is 0 Å². The topological polar surface area (TPSA) is 57.5 Å². The molecule has 3 rings (SSSR count). The number of piperidine rings is 1. The summed E-state index contributed by atoms with van der Waals surface area (Å²) in [6.07, 6.45) is 8.85. The largest absolute Gasteiger partial charge is 0.356 e. The van der Waals surface area contributed by atoms with E-state index in [1.807, 2.05) is 30.2 Å². The SMILES string of the molecule is CN=C(NCCCn1cccn1)NCc1ccc(CN2CCCCC2C)cc1.I. The molecule has 7 heteroatoms. The van der Waals surface area contributed by atoms with Crippen LogP contribution in [0.5, 0.6) is 0 Å². The Kier molecular flexibility index (Phi) is 10.5. The van der Waals surface area contributed by atoms with Crippen molar-refractivity contribution in [1.82, 2.24) is 25.3 Å². The average molecular weight is 510 g/mol. The molecule has 0 spiro atoms. The van der Waals surface area contributed by atoms with E-state index in [1.165, 1.54) is 36.9 Å². The highest BCUT2D eigenvalue weighted by atomic mass is 127. The Labute approximate surface area is 192 Å². The van der Waals surface area contributed by atoms with Gasteiger partial charge < -0.3 is 10.6 Å². The van der Waals surface area contributed by atoms with Gasteiger partial charge in [-0.25, -0.2) is 0 Å². The van der Waals surface area contributed by atoms with Gasteiger partial charge in [0.25, 0.3) is 0 Å². The highest BCUT2D eigenvalue weighted by Crippen LogP contribution is 2.19. The summed E-state index contributed by atoms with van der Waals surface area (Å²) < 4.78 is 1.95. The number of hydrogen-bond donors (Lipinski definition) is 2. The number of aromatic nitrogens is 2. The van der Waals surface area contributed by atoms with Crippen molar-refractivity contribution in [3.63, 3.8) is 0 Å². The number of aliphatic imine (C=N–C) groups is 1. The summed E-state index contributed by atoms with van der Waals surface area (Å²) in [6.45, 7) is 7.20. The van der Waals surface area contributed by atoms with E-state index in [2.05, 4.69) is 56.8 Å². The molecule has 0 bridgehead atoms. The predicted octanol–water partition coefficient (Wildman–Crippen LogP) is 3.63. The van der Waals surface area contributed by atoms with Crippen molar-refractivity contribution in [3.8, 4) is 0 Å². The number of aryl methyl sites for hydroxylation is 1. The van der Waals surface area contributed by atoms with E-state index in [1.54, 1.807) is 0 Å². The molecule has 0 saturated carbocycles.